The number of amides is 1. The molecule has 2 aromatic carbocycles. The van der Waals surface area contributed by atoms with Crippen molar-refractivity contribution in [3.63, 3.8) is 0 Å². The van der Waals surface area contributed by atoms with Gasteiger partial charge in [0.1, 0.15) is 16.5 Å². The maximum absolute atomic E-state index is 13.1. The minimum absolute atomic E-state index is 0.0334. The summed E-state index contributed by atoms with van der Waals surface area (Å²) in [5.41, 5.74) is 7.93. The van der Waals surface area contributed by atoms with Gasteiger partial charge in [-0.2, -0.15) is 4.98 Å². The highest BCUT2D eigenvalue weighted by atomic mass is 35.5. The number of aromatic nitrogens is 2. The summed E-state index contributed by atoms with van der Waals surface area (Å²) in [6, 6.07) is 11.8. The van der Waals surface area contributed by atoms with E-state index in [9.17, 15) is 13.2 Å². The summed E-state index contributed by atoms with van der Waals surface area (Å²) in [6.45, 7) is 4.64. The van der Waals surface area contributed by atoms with Crippen LogP contribution in [0.15, 0.2) is 58.5 Å². The molecule has 12 heteroatoms. The van der Waals surface area contributed by atoms with Crippen LogP contribution in [0.1, 0.15) is 5.56 Å². The lowest BCUT2D eigenvalue weighted by molar-refractivity contribution is -0.117. The molecule has 1 aliphatic heterocycles. The number of sulfone groups is 1. The van der Waals surface area contributed by atoms with Gasteiger partial charge in [0.2, 0.25) is 21.7 Å². The second-order valence-electron chi connectivity index (χ2n) is 8.40. The number of methoxy groups -OCH3 is 1. The van der Waals surface area contributed by atoms with Gasteiger partial charge in [-0.15, -0.1) is 0 Å². The Morgan fingerprint density at radius 3 is 2.44 bits per heavy atom. The number of anilines is 3. The molecule has 3 N–H and O–H groups in total. The number of carbonyl (C=O) groups excluding carboxylic acids is 1. The second-order valence-corrected chi connectivity index (χ2v) is 10.7. The Balaban J connectivity index is 1.38. The fourth-order valence-corrected chi connectivity index (χ4v) is 5.43. The summed E-state index contributed by atoms with van der Waals surface area (Å²) in [4.78, 5) is 24.6. The van der Waals surface area contributed by atoms with Gasteiger partial charge in [0.25, 0.3) is 0 Å². The van der Waals surface area contributed by atoms with Crippen molar-refractivity contribution in [2.45, 2.75) is 16.7 Å². The topological polar surface area (TPSA) is 131 Å². The number of halogens is 1. The molecular formula is C24H27ClN6O4S. The zero-order valence-corrected chi connectivity index (χ0v) is 21.5. The summed E-state index contributed by atoms with van der Waals surface area (Å²) in [7, 11) is -2.53. The Kier molecular flexibility index (Phi) is 7.62. The minimum atomic E-state index is -3.98. The van der Waals surface area contributed by atoms with E-state index in [4.69, 9.17) is 22.1 Å². The van der Waals surface area contributed by atoms with E-state index in [-0.39, 0.29) is 33.1 Å². The highest BCUT2D eigenvalue weighted by Crippen LogP contribution is 2.31. The first-order valence-electron chi connectivity index (χ1n) is 11.2. The largest absolute Gasteiger partial charge is 0.495 e. The molecule has 1 fully saturated rings. The first-order chi connectivity index (χ1) is 17.2. The maximum Gasteiger partial charge on any atom is 0.238 e. The van der Waals surface area contributed by atoms with Crippen molar-refractivity contribution in [2.24, 2.45) is 0 Å². The number of nitrogens with two attached hydrogens (primary N) is 1. The molecule has 0 bridgehead atoms. The van der Waals surface area contributed by atoms with Crippen LogP contribution in [0.25, 0.3) is 0 Å². The van der Waals surface area contributed by atoms with Crippen molar-refractivity contribution in [2.75, 3.05) is 55.8 Å². The monoisotopic (exact) mass is 530 g/mol. The third-order valence-electron chi connectivity index (χ3n) is 5.85. The van der Waals surface area contributed by atoms with E-state index in [1.807, 2.05) is 41.0 Å². The van der Waals surface area contributed by atoms with Crippen molar-refractivity contribution in [1.29, 1.82) is 0 Å². The normalized spacial score (nSPS) is 14.5. The molecule has 1 amide bonds. The first-order valence-corrected chi connectivity index (χ1v) is 13.1. The molecule has 10 nitrogen and oxygen atoms in total. The number of piperazine rings is 1. The SMILES string of the molecule is COc1ccc(S(=O)(=O)c2cnc(N3CCN(CC(=O)Nc4ccc(C)cc4)CC3)nc2N)cc1Cl. The highest BCUT2D eigenvalue weighted by Gasteiger charge is 2.26. The maximum atomic E-state index is 13.1. The lowest BCUT2D eigenvalue weighted by Crippen LogP contribution is -2.49. The first kappa shape index (κ1) is 25.7. The lowest BCUT2D eigenvalue weighted by atomic mass is 10.2. The molecule has 3 aromatic rings. The Bertz CT molecular complexity index is 1360. The van der Waals surface area contributed by atoms with E-state index in [1.165, 1.54) is 31.5 Å². The average molecular weight is 531 g/mol. The summed E-state index contributed by atoms with van der Waals surface area (Å²) >= 11 is 6.09. The summed E-state index contributed by atoms with van der Waals surface area (Å²) in [5.74, 6) is 0.470. The van der Waals surface area contributed by atoms with Gasteiger partial charge in [-0.25, -0.2) is 13.4 Å². The predicted octanol–water partition coefficient (Wildman–Crippen LogP) is 2.62. The zero-order valence-electron chi connectivity index (χ0n) is 19.9. The Labute approximate surface area is 215 Å². The van der Waals surface area contributed by atoms with E-state index < -0.39 is 9.84 Å². The summed E-state index contributed by atoms with van der Waals surface area (Å²) < 4.78 is 31.2. The fraction of sp³-hybridized carbons (Fsp3) is 0.292. The number of hydrogen-bond acceptors (Lipinski definition) is 9. The molecule has 36 heavy (non-hydrogen) atoms. The van der Waals surface area contributed by atoms with Crippen molar-refractivity contribution >= 4 is 44.8 Å². The number of nitrogen functional groups attached to an aromatic ring is 1. The van der Waals surface area contributed by atoms with Crippen LogP contribution in [0.5, 0.6) is 5.75 Å². The number of benzene rings is 2. The lowest BCUT2D eigenvalue weighted by Gasteiger charge is -2.34. The molecule has 0 radical (unpaired) electrons. The molecule has 1 saturated heterocycles. The Hall–Kier alpha value is -3.41. The van der Waals surface area contributed by atoms with Crippen LogP contribution in [-0.4, -0.2) is 69.0 Å². The zero-order chi connectivity index (χ0) is 25.9. The molecule has 2 heterocycles. The van der Waals surface area contributed by atoms with Gasteiger partial charge in [-0.05, 0) is 37.3 Å². The van der Waals surface area contributed by atoms with E-state index in [1.54, 1.807) is 0 Å². The summed E-state index contributed by atoms with van der Waals surface area (Å²) in [6.07, 6.45) is 1.21. The van der Waals surface area contributed by atoms with E-state index in [2.05, 4.69) is 15.3 Å². The molecule has 4 rings (SSSR count). The van der Waals surface area contributed by atoms with Crippen molar-refractivity contribution in [3.8, 4) is 5.75 Å². The number of aryl methyl sites for hydroxylation is 1. The van der Waals surface area contributed by atoms with Gasteiger partial charge in [-0.1, -0.05) is 29.3 Å². The van der Waals surface area contributed by atoms with Crippen LogP contribution >= 0.6 is 11.6 Å². The van der Waals surface area contributed by atoms with Gasteiger partial charge in [0.15, 0.2) is 0 Å². The number of nitrogens with one attached hydrogen (secondary N) is 1. The van der Waals surface area contributed by atoms with E-state index >= 15 is 0 Å². The van der Waals surface area contributed by atoms with Crippen LogP contribution in [0, 0.1) is 6.92 Å². The Morgan fingerprint density at radius 1 is 1.14 bits per heavy atom. The molecule has 0 aliphatic carbocycles. The molecule has 1 aliphatic rings. The van der Waals surface area contributed by atoms with Crippen molar-refractivity contribution < 1.29 is 17.9 Å². The minimum Gasteiger partial charge on any atom is -0.495 e. The molecule has 0 unspecified atom stereocenters. The molecule has 0 spiro atoms. The standard InChI is InChI=1S/C24H27ClN6O4S/c1-16-3-5-17(6-4-16)28-22(32)15-30-9-11-31(12-10-30)24-27-14-21(23(26)29-24)36(33,34)18-7-8-20(35-2)19(25)13-18/h3-8,13-14H,9-12,15H2,1-2H3,(H,28,32)(H2,26,27,29). The number of hydrogen-bond donors (Lipinski definition) is 2. The van der Waals surface area contributed by atoms with Crippen LogP contribution in [-0.2, 0) is 14.6 Å². The van der Waals surface area contributed by atoms with Gasteiger partial charge in [0.05, 0.1) is 29.8 Å². The van der Waals surface area contributed by atoms with Crippen LogP contribution in [0.4, 0.5) is 17.5 Å². The number of rotatable bonds is 7. The van der Waals surface area contributed by atoms with Gasteiger partial charge < -0.3 is 20.7 Å². The smallest absolute Gasteiger partial charge is 0.238 e. The quantitative estimate of drug-likeness (QED) is 0.473. The number of carbonyl (C=O) groups is 1. The van der Waals surface area contributed by atoms with Gasteiger partial charge in [0, 0.05) is 31.9 Å². The van der Waals surface area contributed by atoms with E-state index in [0.717, 1.165) is 11.3 Å². The van der Waals surface area contributed by atoms with Crippen LogP contribution in [0.3, 0.4) is 0 Å². The fourth-order valence-electron chi connectivity index (χ4n) is 3.82. The van der Waals surface area contributed by atoms with Crippen LogP contribution < -0.4 is 20.7 Å². The molecular weight excluding hydrogens is 504 g/mol. The molecule has 1 aromatic heterocycles. The highest BCUT2D eigenvalue weighted by molar-refractivity contribution is 7.91. The van der Waals surface area contributed by atoms with Crippen molar-refractivity contribution in [1.82, 2.24) is 14.9 Å². The third kappa shape index (κ3) is 5.69. The van der Waals surface area contributed by atoms with Crippen LogP contribution in [0.2, 0.25) is 5.02 Å². The molecule has 0 atom stereocenters. The van der Waals surface area contributed by atoms with Gasteiger partial charge >= 0.3 is 0 Å². The molecule has 0 saturated carbocycles. The third-order valence-corrected chi connectivity index (χ3v) is 7.91. The number of nitrogens with zero attached hydrogens (tertiary/aromatic N) is 4. The summed E-state index contributed by atoms with van der Waals surface area (Å²) in [5, 5.41) is 3.07. The van der Waals surface area contributed by atoms with Crippen molar-refractivity contribution in [3.05, 3.63) is 59.2 Å². The Morgan fingerprint density at radius 2 is 1.83 bits per heavy atom. The average Bonchev–Trinajstić information content (AvgIpc) is 2.85. The predicted molar refractivity (Wildman–Crippen MR) is 138 cm³/mol. The number of ether oxygens (including phenoxy) is 1. The molecule has 190 valence electrons. The van der Waals surface area contributed by atoms with Gasteiger partial charge in [-0.3, -0.25) is 9.69 Å². The second kappa shape index (κ2) is 10.7. The van der Waals surface area contributed by atoms with E-state index in [0.29, 0.717) is 37.9 Å².